The molecular weight excluding hydrogens is 500 g/mol. The molecule has 0 aliphatic carbocycles. The Balaban J connectivity index is 0.00000267. The Bertz CT molecular complexity index is 2340. The van der Waals surface area contributed by atoms with Crippen molar-refractivity contribution in [3.8, 4) is 16.8 Å². The number of fused-ring (bicyclic) bond motifs is 8. The normalized spacial score (nSPS) is 12.5. The van der Waals surface area contributed by atoms with Crippen LogP contribution in [0.1, 0.15) is 12.6 Å². The van der Waals surface area contributed by atoms with Crippen LogP contribution >= 0.6 is 0 Å². The Morgan fingerprint density at radius 3 is 2.10 bits per heavy atom. The van der Waals surface area contributed by atoms with Crippen molar-refractivity contribution >= 4 is 67.3 Å². The van der Waals surface area contributed by atoms with Gasteiger partial charge in [-0.15, -0.1) is 0 Å². The number of anilines is 2. The highest BCUT2D eigenvalue weighted by Crippen LogP contribution is 2.39. The van der Waals surface area contributed by atoms with Crippen molar-refractivity contribution in [1.82, 2.24) is 4.57 Å². The van der Waals surface area contributed by atoms with Crippen molar-refractivity contribution in [3.05, 3.63) is 139 Å². The third-order valence-corrected chi connectivity index (χ3v) is 8.33. The van der Waals surface area contributed by atoms with E-state index in [4.69, 9.17) is 4.42 Å². The van der Waals surface area contributed by atoms with Gasteiger partial charge in [0.1, 0.15) is 11.2 Å². The number of furan rings is 1. The maximum Gasteiger partial charge on any atom is 0.136 e. The van der Waals surface area contributed by atoms with E-state index < -0.39 is 0 Å². The number of aromatic nitrogens is 1. The minimum Gasteiger partial charge on any atom is -0.456 e. The van der Waals surface area contributed by atoms with Gasteiger partial charge in [-0.2, -0.15) is 0 Å². The molecule has 6 aromatic carbocycles. The zero-order valence-electron chi connectivity index (χ0n) is 22.1. The first-order valence-corrected chi connectivity index (χ1v) is 13.9. The predicted molar refractivity (Wildman–Crippen MR) is 174 cm³/mol. The third kappa shape index (κ3) is 3.39. The van der Waals surface area contributed by atoms with E-state index in [1.807, 2.05) is 12.1 Å². The molecule has 9 rings (SSSR count). The Labute approximate surface area is 238 Å². The van der Waals surface area contributed by atoms with Crippen molar-refractivity contribution in [3.63, 3.8) is 0 Å². The van der Waals surface area contributed by atoms with E-state index in [0.717, 1.165) is 44.4 Å². The molecule has 0 fully saturated rings. The standard InChI is InChI=1S/C38H24N2O.H2/c1-2-8-28(9-3-1)40-35-12-6-4-10-29(35)30-18-16-25(21-36(30)40)24-17-19-33-26(20-24)14-15-27-22-38-32(23-34(27)39-33)31-11-5-7-13-37(31)41-38;/h1-23,39H;1H. The van der Waals surface area contributed by atoms with Gasteiger partial charge in [-0.1, -0.05) is 84.9 Å². The van der Waals surface area contributed by atoms with Crippen LogP contribution in [0.25, 0.3) is 72.7 Å². The fraction of sp³-hybridized carbons (Fsp3) is 0. The Hall–Kier alpha value is -5.54. The molecule has 1 aliphatic rings. The maximum absolute atomic E-state index is 6.15. The van der Waals surface area contributed by atoms with Gasteiger partial charge in [0.05, 0.1) is 11.0 Å². The number of nitrogens with zero attached hydrogens (tertiary/aromatic N) is 1. The molecule has 0 radical (unpaired) electrons. The Morgan fingerprint density at radius 2 is 1.20 bits per heavy atom. The van der Waals surface area contributed by atoms with E-state index in [2.05, 4.69) is 137 Å². The molecule has 0 saturated heterocycles. The molecule has 2 aromatic heterocycles. The number of rotatable bonds is 2. The van der Waals surface area contributed by atoms with Gasteiger partial charge in [-0.3, -0.25) is 0 Å². The molecule has 3 nitrogen and oxygen atoms in total. The van der Waals surface area contributed by atoms with Crippen molar-refractivity contribution in [2.24, 2.45) is 0 Å². The molecular formula is C38H26N2O. The lowest BCUT2D eigenvalue weighted by Crippen LogP contribution is -1.94. The average molecular weight is 527 g/mol. The van der Waals surface area contributed by atoms with Gasteiger partial charge in [0.15, 0.2) is 0 Å². The minimum absolute atomic E-state index is 0. The number of nitrogens with one attached hydrogen (secondary N) is 1. The number of hydrogen-bond acceptors (Lipinski definition) is 2. The summed E-state index contributed by atoms with van der Waals surface area (Å²) in [6.45, 7) is 0. The highest BCUT2D eigenvalue weighted by atomic mass is 16.3. The van der Waals surface area contributed by atoms with Crippen molar-refractivity contribution in [2.45, 2.75) is 0 Å². The van der Waals surface area contributed by atoms with Gasteiger partial charge in [-0.25, -0.2) is 0 Å². The van der Waals surface area contributed by atoms with Crippen LogP contribution in [0.5, 0.6) is 0 Å². The molecule has 0 atom stereocenters. The molecule has 0 spiro atoms. The van der Waals surface area contributed by atoms with Gasteiger partial charge >= 0.3 is 0 Å². The smallest absolute Gasteiger partial charge is 0.136 e. The van der Waals surface area contributed by atoms with E-state index in [9.17, 15) is 0 Å². The molecule has 0 unspecified atom stereocenters. The van der Waals surface area contributed by atoms with E-state index >= 15 is 0 Å². The molecule has 0 amide bonds. The molecule has 0 saturated carbocycles. The zero-order chi connectivity index (χ0) is 26.9. The van der Waals surface area contributed by atoms with E-state index in [-0.39, 0.29) is 1.43 Å². The second-order valence-electron chi connectivity index (χ2n) is 10.7. The summed E-state index contributed by atoms with van der Waals surface area (Å²) in [5, 5.41) is 8.49. The summed E-state index contributed by atoms with van der Waals surface area (Å²) in [4.78, 5) is 0. The van der Waals surface area contributed by atoms with Crippen molar-refractivity contribution in [1.29, 1.82) is 0 Å². The first-order chi connectivity index (χ1) is 20.3. The highest BCUT2D eigenvalue weighted by Gasteiger charge is 2.16. The molecule has 1 N–H and O–H groups in total. The topological polar surface area (TPSA) is 30.1 Å². The minimum atomic E-state index is 0. The molecule has 3 heteroatoms. The lowest BCUT2D eigenvalue weighted by Gasteiger charge is -2.12. The van der Waals surface area contributed by atoms with E-state index in [0.29, 0.717) is 0 Å². The van der Waals surface area contributed by atoms with Gasteiger partial charge in [-0.05, 0) is 71.3 Å². The summed E-state index contributed by atoms with van der Waals surface area (Å²) >= 11 is 0. The lowest BCUT2D eigenvalue weighted by atomic mass is 10.00. The second kappa shape index (κ2) is 8.48. The van der Waals surface area contributed by atoms with Crippen LogP contribution in [0.3, 0.4) is 0 Å². The van der Waals surface area contributed by atoms with Crippen LogP contribution in [0.15, 0.2) is 132 Å². The SMILES string of the molecule is C1=Cc2cc3oc4ccccc4c3cc2Nc2ccc(-c3ccc4c5ccccc5n(-c5ccccc5)c4c3)cc21.[HH]. The summed E-state index contributed by atoms with van der Waals surface area (Å²) in [5.41, 5.74) is 12.2. The quantitative estimate of drug-likeness (QED) is 0.243. The summed E-state index contributed by atoms with van der Waals surface area (Å²) in [6.07, 6.45) is 4.38. The monoisotopic (exact) mass is 526 g/mol. The fourth-order valence-corrected chi connectivity index (χ4v) is 6.36. The van der Waals surface area contributed by atoms with Gasteiger partial charge in [0, 0.05) is 45.6 Å². The molecule has 194 valence electrons. The maximum atomic E-state index is 6.15. The Kier molecular flexibility index (Phi) is 4.61. The second-order valence-corrected chi connectivity index (χ2v) is 10.7. The number of hydrogen-bond donors (Lipinski definition) is 1. The largest absolute Gasteiger partial charge is 0.456 e. The van der Waals surface area contributed by atoms with E-state index in [1.54, 1.807) is 0 Å². The summed E-state index contributed by atoms with van der Waals surface area (Å²) in [7, 11) is 0. The van der Waals surface area contributed by atoms with E-state index in [1.165, 1.54) is 38.6 Å². The zero-order valence-corrected chi connectivity index (χ0v) is 22.1. The number of benzene rings is 6. The van der Waals surface area contributed by atoms with Crippen LogP contribution < -0.4 is 5.32 Å². The summed E-state index contributed by atoms with van der Waals surface area (Å²) < 4.78 is 8.52. The van der Waals surface area contributed by atoms with Crippen LogP contribution in [0.2, 0.25) is 0 Å². The van der Waals surface area contributed by atoms with Crippen molar-refractivity contribution < 1.29 is 5.84 Å². The van der Waals surface area contributed by atoms with Gasteiger partial charge in [0.25, 0.3) is 0 Å². The van der Waals surface area contributed by atoms with Crippen LogP contribution in [-0.2, 0) is 0 Å². The molecule has 8 aromatic rings. The molecule has 3 heterocycles. The third-order valence-electron chi connectivity index (χ3n) is 8.33. The van der Waals surface area contributed by atoms with Gasteiger partial charge in [0.2, 0.25) is 0 Å². The van der Waals surface area contributed by atoms with Gasteiger partial charge < -0.3 is 14.3 Å². The van der Waals surface area contributed by atoms with Crippen LogP contribution in [0.4, 0.5) is 11.4 Å². The van der Waals surface area contributed by atoms with Crippen LogP contribution in [-0.4, -0.2) is 4.57 Å². The predicted octanol–water partition coefficient (Wildman–Crippen LogP) is 10.8. The lowest BCUT2D eigenvalue weighted by molar-refractivity contribution is 0.669. The fourth-order valence-electron chi connectivity index (χ4n) is 6.36. The molecule has 41 heavy (non-hydrogen) atoms. The first kappa shape index (κ1) is 22.3. The summed E-state index contributed by atoms with van der Waals surface area (Å²) in [6, 6.07) is 45.4. The average Bonchev–Trinajstić information content (AvgIpc) is 3.48. The first-order valence-electron chi connectivity index (χ1n) is 13.9. The van der Waals surface area contributed by atoms with Crippen molar-refractivity contribution in [2.75, 3.05) is 5.32 Å². The Morgan fingerprint density at radius 1 is 0.488 bits per heavy atom. The summed E-state index contributed by atoms with van der Waals surface area (Å²) in [5.74, 6) is 0. The highest BCUT2D eigenvalue weighted by molar-refractivity contribution is 6.11. The molecule has 0 bridgehead atoms. The number of para-hydroxylation sites is 3. The van der Waals surface area contributed by atoms with Crippen LogP contribution in [0, 0.1) is 0 Å². The molecule has 1 aliphatic heterocycles.